The average molecular weight is 254 g/mol. The molecule has 0 bridgehead atoms. The number of nitrogens with zero attached hydrogens (tertiary/aromatic N) is 2. The number of nitrogens with one attached hydrogen (secondary N) is 1. The monoisotopic (exact) mass is 254 g/mol. The Kier molecular flexibility index (Phi) is 4.59. The van der Waals surface area contributed by atoms with E-state index in [0.717, 1.165) is 25.0 Å². The molecule has 2 rings (SSSR count). The van der Waals surface area contributed by atoms with Crippen molar-refractivity contribution in [2.75, 3.05) is 26.7 Å². The van der Waals surface area contributed by atoms with Gasteiger partial charge in [-0.2, -0.15) is 0 Å². The van der Waals surface area contributed by atoms with Gasteiger partial charge in [-0.05, 0) is 52.2 Å². The Balaban J connectivity index is 1.88. The maximum absolute atomic E-state index is 11.3. The van der Waals surface area contributed by atoms with Crippen LogP contribution in [0.4, 0.5) is 0 Å². The lowest BCUT2D eigenvalue weighted by molar-refractivity contribution is -0.122. The van der Waals surface area contributed by atoms with Crippen LogP contribution < -0.4 is 11.3 Å². The van der Waals surface area contributed by atoms with Crippen molar-refractivity contribution in [2.24, 2.45) is 11.8 Å². The van der Waals surface area contributed by atoms with E-state index in [9.17, 15) is 4.79 Å². The molecule has 3 atom stereocenters. The molecule has 2 fully saturated rings. The minimum Gasteiger partial charge on any atom is -0.303 e. The molecule has 0 radical (unpaired) electrons. The van der Waals surface area contributed by atoms with Gasteiger partial charge >= 0.3 is 0 Å². The number of piperidine rings is 2. The molecule has 0 saturated carbocycles. The number of hydrogen-bond acceptors (Lipinski definition) is 4. The van der Waals surface area contributed by atoms with Gasteiger partial charge in [0.2, 0.25) is 5.91 Å². The Morgan fingerprint density at radius 1 is 1.44 bits per heavy atom. The zero-order valence-electron chi connectivity index (χ0n) is 11.6. The maximum Gasteiger partial charge on any atom is 0.235 e. The van der Waals surface area contributed by atoms with Crippen LogP contribution >= 0.6 is 0 Å². The zero-order valence-corrected chi connectivity index (χ0v) is 11.6. The Hall–Kier alpha value is -0.650. The number of amides is 1. The highest BCUT2D eigenvalue weighted by atomic mass is 16.2. The number of hydrazine groups is 1. The minimum atomic E-state index is -0.0645. The van der Waals surface area contributed by atoms with Crippen molar-refractivity contribution in [3.8, 4) is 0 Å². The molecule has 0 aromatic heterocycles. The maximum atomic E-state index is 11.3. The minimum absolute atomic E-state index is 0.0645. The van der Waals surface area contributed by atoms with E-state index in [1.807, 2.05) is 0 Å². The van der Waals surface area contributed by atoms with Crippen LogP contribution in [-0.4, -0.2) is 54.5 Å². The lowest BCUT2D eigenvalue weighted by atomic mass is 9.83. The van der Waals surface area contributed by atoms with Crippen molar-refractivity contribution >= 4 is 5.91 Å². The summed E-state index contributed by atoms with van der Waals surface area (Å²) in [6, 6.07) is 1.05. The summed E-state index contributed by atoms with van der Waals surface area (Å²) in [4.78, 5) is 16.3. The van der Waals surface area contributed by atoms with Gasteiger partial charge in [0.25, 0.3) is 0 Å². The molecule has 3 N–H and O–H groups in total. The summed E-state index contributed by atoms with van der Waals surface area (Å²) in [5, 5.41) is 0. The van der Waals surface area contributed by atoms with Gasteiger partial charge in [-0.25, -0.2) is 5.84 Å². The van der Waals surface area contributed by atoms with E-state index in [4.69, 9.17) is 5.84 Å². The highest BCUT2D eigenvalue weighted by Crippen LogP contribution is 2.30. The van der Waals surface area contributed by atoms with E-state index in [1.165, 1.54) is 25.8 Å². The summed E-state index contributed by atoms with van der Waals surface area (Å²) in [5.74, 6) is 5.86. The molecule has 0 aromatic carbocycles. The summed E-state index contributed by atoms with van der Waals surface area (Å²) in [6.07, 6.45) is 4.38. The van der Waals surface area contributed by atoms with Crippen LogP contribution in [0.15, 0.2) is 0 Å². The predicted molar refractivity (Wildman–Crippen MR) is 71.7 cm³/mol. The van der Waals surface area contributed by atoms with Crippen molar-refractivity contribution in [1.82, 2.24) is 15.2 Å². The van der Waals surface area contributed by atoms with Crippen molar-refractivity contribution in [2.45, 2.75) is 44.7 Å². The Bertz CT molecular complexity index is 297. The summed E-state index contributed by atoms with van der Waals surface area (Å²) in [7, 11) is 2.25. The zero-order chi connectivity index (χ0) is 13.1. The number of rotatable bonds is 3. The van der Waals surface area contributed by atoms with Crippen molar-refractivity contribution in [3.05, 3.63) is 0 Å². The topological polar surface area (TPSA) is 61.6 Å². The van der Waals surface area contributed by atoms with Gasteiger partial charge in [0.15, 0.2) is 0 Å². The highest BCUT2D eigenvalue weighted by molar-refractivity contribution is 5.75. The lowest BCUT2D eigenvalue weighted by Gasteiger charge is -2.47. The van der Waals surface area contributed by atoms with E-state index in [0.29, 0.717) is 12.5 Å². The smallest absolute Gasteiger partial charge is 0.235 e. The highest BCUT2D eigenvalue weighted by Gasteiger charge is 2.35. The molecule has 104 valence electrons. The van der Waals surface area contributed by atoms with Crippen LogP contribution in [0.25, 0.3) is 0 Å². The molecule has 2 aliphatic heterocycles. The fourth-order valence-corrected chi connectivity index (χ4v) is 3.54. The lowest BCUT2D eigenvalue weighted by Crippen LogP contribution is -2.54. The van der Waals surface area contributed by atoms with E-state index in [2.05, 4.69) is 29.2 Å². The molecular formula is C13H26N4O. The number of nitrogens with two attached hydrogens (primary N) is 1. The number of fused-ring (bicyclic) bond motifs is 1. The van der Waals surface area contributed by atoms with Gasteiger partial charge in [-0.15, -0.1) is 0 Å². The molecule has 2 heterocycles. The first kappa shape index (κ1) is 13.8. The average Bonchev–Trinajstić information content (AvgIpc) is 2.38. The number of hydrogen-bond donors (Lipinski definition) is 2. The molecule has 5 nitrogen and oxygen atoms in total. The van der Waals surface area contributed by atoms with Gasteiger partial charge in [0, 0.05) is 25.0 Å². The Morgan fingerprint density at radius 3 is 2.94 bits per heavy atom. The molecule has 5 heteroatoms. The van der Waals surface area contributed by atoms with Gasteiger partial charge < -0.3 is 4.90 Å². The van der Waals surface area contributed by atoms with Gasteiger partial charge in [0.1, 0.15) is 0 Å². The van der Waals surface area contributed by atoms with Crippen molar-refractivity contribution < 1.29 is 4.79 Å². The Labute approximate surface area is 110 Å². The molecule has 3 unspecified atom stereocenters. The standard InChI is InChI=1S/C13H26N4O/c1-10(8-13(18)15-14)17-7-5-12-11(9-17)4-3-6-16(12)2/h10-12H,3-9,14H2,1-2H3,(H,15,18). The number of carbonyl (C=O) groups is 1. The summed E-state index contributed by atoms with van der Waals surface area (Å²) in [6.45, 7) is 5.60. The van der Waals surface area contributed by atoms with Gasteiger partial charge in [-0.1, -0.05) is 0 Å². The van der Waals surface area contributed by atoms with E-state index >= 15 is 0 Å². The normalized spacial score (nSPS) is 31.7. The molecule has 1 amide bonds. The first-order chi connectivity index (χ1) is 8.61. The Morgan fingerprint density at radius 2 is 2.22 bits per heavy atom. The van der Waals surface area contributed by atoms with Crippen molar-refractivity contribution in [3.63, 3.8) is 0 Å². The van der Waals surface area contributed by atoms with Crippen LogP contribution in [0.5, 0.6) is 0 Å². The third-order valence-electron chi connectivity index (χ3n) is 4.64. The SMILES string of the molecule is CC(CC(=O)NN)N1CCC2C(CCCN2C)C1. The van der Waals surface area contributed by atoms with Gasteiger partial charge in [-0.3, -0.25) is 15.1 Å². The second-order valence-corrected chi connectivity index (χ2v) is 5.85. The number of carbonyl (C=O) groups excluding carboxylic acids is 1. The van der Waals surface area contributed by atoms with Crippen LogP contribution in [0, 0.1) is 5.92 Å². The molecule has 2 saturated heterocycles. The summed E-state index contributed by atoms with van der Waals surface area (Å²) >= 11 is 0. The second kappa shape index (κ2) is 5.99. The summed E-state index contributed by atoms with van der Waals surface area (Å²) in [5.41, 5.74) is 2.22. The summed E-state index contributed by atoms with van der Waals surface area (Å²) < 4.78 is 0. The third kappa shape index (κ3) is 3.02. The largest absolute Gasteiger partial charge is 0.303 e. The van der Waals surface area contributed by atoms with E-state index in [-0.39, 0.29) is 5.91 Å². The fraction of sp³-hybridized carbons (Fsp3) is 0.923. The predicted octanol–water partition coefficient (Wildman–Crippen LogP) is 0.171. The van der Waals surface area contributed by atoms with Gasteiger partial charge in [0.05, 0.1) is 0 Å². The van der Waals surface area contributed by atoms with Crippen LogP contribution in [0.3, 0.4) is 0 Å². The molecular weight excluding hydrogens is 228 g/mol. The van der Waals surface area contributed by atoms with Crippen LogP contribution in [0.1, 0.15) is 32.6 Å². The first-order valence-electron chi connectivity index (χ1n) is 7.05. The quantitative estimate of drug-likeness (QED) is 0.428. The second-order valence-electron chi connectivity index (χ2n) is 5.85. The molecule has 0 spiro atoms. The van der Waals surface area contributed by atoms with Crippen LogP contribution in [-0.2, 0) is 4.79 Å². The van der Waals surface area contributed by atoms with Crippen LogP contribution in [0.2, 0.25) is 0 Å². The third-order valence-corrected chi connectivity index (χ3v) is 4.64. The van der Waals surface area contributed by atoms with E-state index < -0.39 is 0 Å². The van der Waals surface area contributed by atoms with Crippen molar-refractivity contribution in [1.29, 1.82) is 0 Å². The fourth-order valence-electron chi connectivity index (χ4n) is 3.54. The number of likely N-dealkylation sites (tertiary alicyclic amines) is 2. The molecule has 0 aromatic rings. The van der Waals surface area contributed by atoms with E-state index in [1.54, 1.807) is 0 Å². The molecule has 0 aliphatic carbocycles. The molecule has 2 aliphatic rings. The molecule has 18 heavy (non-hydrogen) atoms. The first-order valence-corrected chi connectivity index (χ1v) is 7.05.